The van der Waals surface area contributed by atoms with Gasteiger partial charge in [-0.15, -0.1) is 0 Å². The Balaban J connectivity index is 4.29. The molecule has 0 aromatic heterocycles. The third-order valence-corrected chi connectivity index (χ3v) is 1.57. The van der Waals surface area contributed by atoms with Crippen LogP contribution in [0.2, 0.25) is 0 Å². The van der Waals surface area contributed by atoms with Gasteiger partial charge in [-0.3, -0.25) is 9.80 Å². The second-order valence-corrected chi connectivity index (χ2v) is 2.74. The highest BCUT2D eigenvalue weighted by Crippen LogP contribution is 1.95. The van der Waals surface area contributed by atoms with Gasteiger partial charge in [0.15, 0.2) is 0 Å². The molecule has 0 aromatic carbocycles. The van der Waals surface area contributed by atoms with Gasteiger partial charge in [0.05, 0.1) is 0 Å². The molecule has 0 aliphatic heterocycles. The lowest BCUT2D eigenvalue weighted by molar-refractivity contribution is -0.137. The number of hydrogen-bond acceptors (Lipinski definition) is 2. The van der Waals surface area contributed by atoms with E-state index < -0.39 is 0 Å². The zero-order valence-electron chi connectivity index (χ0n) is 8.16. The van der Waals surface area contributed by atoms with Crippen LogP contribution in [0.3, 0.4) is 0 Å². The summed E-state index contributed by atoms with van der Waals surface area (Å²) in [4.78, 5) is 23.5. The normalized spacial score (nSPS) is 9.08. The molecule has 0 aliphatic carbocycles. The molecule has 12 heavy (non-hydrogen) atoms. The Labute approximate surface area is 72.5 Å². The molecule has 70 valence electrons. The number of rotatable bonds is 0. The van der Waals surface area contributed by atoms with Crippen LogP contribution in [0.4, 0.5) is 4.79 Å². The van der Waals surface area contributed by atoms with Gasteiger partial charge in [-0.05, 0) is 0 Å². The lowest BCUT2D eigenvalue weighted by Gasteiger charge is -2.29. The molecule has 0 fully saturated rings. The molecule has 5 heteroatoms. The SMILES string of the molecule is CC(=O)N(C)N(C)C(=O)N(C)C. The van der Waals surface area contributed by atoms with Gasteiger partial charge in [0.25, 0.3) is 0 Å². The predicted octanol–water partition coefficient (Wildman–Crippen LogP) is -0.00690. The van der Waals surface area contributed by atoms with E-state index in [9.17, 15) is 9.59 Å². The predicted molar refractivity (Wildman–Crippen MR) is 45.3 cm³/mol. The summed E-state index contributed by atoms with van der Waals surface area (Å²) in [6, 6.07) is -0.229. The highest BCUT2D eigenvalue weighted by molar-refractivity contribution is 5.79. The Bertz CT molecular complexity index is 191. The molecular weight excluding hydrogens is 158 g/mol. The summed E-state index contributed by atoms with van der Waals surface area (Å²) in [5, 5.41) is 2.50. The molecule has 0 radical (unpaired) electrons. The second kappa shape index (κ2) is 3.94. The molecule has 0 saturated heterocycles. The first-order valence-electron chi connectivity index (χ1n) is 3.57. The molecule has 0 unspecified atom stereocenters. The molecular formula is C7H15N3O2. The summed E-state index contributed by atoms with van der Waals surface area (Å²) in [5.74, 6) is -0.173. The van der Waals surface area contributed by atoms with E-state index in [-0.39, 0.29) is 11.9 Å². The Morgan fingerprint density at radius 1 is 0.917 bits per heavy atom. The summed E-state index contributed by atoms with van der Waals surface area (Å²) < 4.78 is 0. The largest absolute Gasteiger partial charge is 0.338 e. The smallest absolute Gasteiger partial charge is 0.329 e. The molecule has 5 nitrogen and oxygen atoms in total. The minimum Gasteiger partial charge on any atom is -0.329 e. The van der Waals surface area contributed by atoms with Gasteiger partial charge in [-0.2, -0.15) is 0 Å². The van der Waals surface area contributed by atoms with Crippen molar-refractivity contribution in [2.45, 2.75) is 6.92 Å². The minimum absolute atomic E-state index is 0.173. The summed E-state index contributed by atoms with van der Waals surface area (Å²) >= 11 is 0. The van der Waals surface area contributed by atoms with Crippen molar-refractivity contribution in [1.29, 1.82) is 0 Å². The van der Waals surface area contributed by atoms with Crippen LogP contribution in [-0.2, 0) is 4.79 Å². The van der Waals surface area contributed by atoms with Crippen molar-refractivity contribution in [1.82, 2.24) is 14.9 Å². The first-order chi connectivity index (χ1) is 5.37. The number of hydrogen-bond donors (Lipinski definition) is 0. The van der Waals surface area contributed by atoms with Crippen molar-refractivity contribution in [3.05, 3.63) is 0 Å². The second-order valence-electron chi connectivity index (χ2n) is 2.74. The third kappa shape index (κ3) is 2.41. The summed E-state index contributed by atoms with van der Waals surface area (Å²) in [6.07, 6.45) is 0. The van der Waals surface area contributed by atoms with Gasteiger partial charge in [0.1, 0.15) is 0 Å². The molecule has 0 bridgehead atoms. The van der Waals surface area contributed by atoms with Crippen molar-refractivity contribution in [3.63, 3.8) is 0 Å². The van der Waals surface area contributed by atoms with Crippen molar-refractivity contribution < 1.29 is 9.59 Å². The molecule has 0 aromatic rings. The lowest BCUT2D eigenvalue weighted by Crippen LogP contribution is -2.47. The number of nitrogens with zero attached hydrogens (tertiary/aromatic N) is 3. The molecule has 3 amide bonds. The van der Waals surface area contributed by atoms with Gasteiger partial charge in [0.2, 0.25) is 5.91 Å². The van der Waals surface area contributed by atoms with Crippen LogP contribution in [0, 0.1) is 0 Å². The maximum atomic E-state index is 11.2. The van der Waals surface area contributed by atoms with Crippen molar-refractivity contribution >= 4 is 11.9 Å². The van der Waals surface area contributed by atoms with Crippen LogP contribution in [0.15, 0.2) is 0 Å². The lowest BCUT2D eigenvalue weighted by atomic mass is 10.6. The van der Waals surface area contributed by atoms with E-state index in [1.54, 1.807) is 28.2 Å². The third-order valence-electron chi connectivity index (χ3n) is 1.57. The van der Waals surface area contributed by atoms with Gasteiger partial charge < -0.3 is 4.90 Å². The monoisotopic (exact) mass is 173 g/mol. The Morgan fingerprint density at radius 2 is 1.33 bits per heavy atom. The average molecular weight is 173 g/mol. The van der Waals surface area contributed by atoms with Crippen LogP contribution in [-0.4, -0.2) is 55.0 Å². The molecule has 0 aliphatic rings. The fourth-order valence-electron chi connectivity index (χ4n) is 0.629. The van der Waals surface area contributed by atoms with E-state index >= 15 is 0 Å². The van der Waals surface area contributed by atoms with Gasteiger partial charge >= 0.3 is 6.03 Å². The summed E-state index contributed by atoms with van der Waals surface area (Å²) in [6.45, 7) is 1.40. The first-order valence-corrected chi connectivity index (χ1v) is 3.57. The van der Waals surface area contributed by atoms with Crippen LogP contribution < -0.4 is 0 Å². The Kier molecular flexibility index (Phi) is 3.53. The van der Waals surface area contributed by atoms with E-state index in [4.69, 9.17) is 0 Å². The van der Waals surface area contributed by atoms with E-state index in [2.05, 4.69) is 0 Å². The summed E-state index contributed by atoms with van der Waals surface area (Å²) in [7, 11) is 6.35. The van der Waals surface area contributed by atoms with Gasteiger partial charge in [-0.25, -0.2) is 9.80 Å². The van der Waals surface area contributed by atoms with E-state index in [1.807, 2.05) is 0 Å². The van der Waals surface area contributed by atoms with Crippen molar-refractivity contribution in [2.75, 3.05) is 28.2 Å². The van der Waals surface area contributed by atoms with Gasteiger partial charge in [-0.1, -0.05) is 0 Å². The zero-order chi connectivity index (χ0) is 9.89. The molecule has 0 heterocycles. The first kappa shape index (κ1) is 10.7. The van der Waals surface area contributed by atoms with Gasteiger partial charge in [0, 0.05) is 35.1 Å². The maximum Gasteiger partial charge on any atom is 0.338 e. The van der Waals surface area contributed by atoms with Crippen molar-refractivity contribution in [3.8, 4) is 0 Å². The molecule has 0 rings (SSSR count). The number of amides is 3. The average Bonchev–Trinajstić information content (AvgIpc) is 2.00. The number of carbonyl (C=O) groups is 2. The highest BCUT2D eigenvalue weighted by atomic mass is 16.2. The van der Waals surface area contributed by atoms with Crippen LogP contribution in [0.1, 0.15) is 6.92 Å². The van der Waals surface area contributed by atoms with Crippen LogP contribution >= 0.6 is 0 Å². The number of urea groups is 1. The topological polar surface area (TPSA) is 43.9 Å². The fraction of sp³-hybridized carbons (Fsp3) is 0.714. The van der Waals surface area contributed by atoms with E-state index in [0.717, 1.165) is 0 Å². The van der Waals surface area contributed by atoms with Crippen LogP contribution in [0.5, 0.6) is 0 Å². The van der Waals surface area contributed by atoms with E-state index in [1.165, 1.54) is 21.8 Å². The molecule has 0 N–H and O–H groups in total. The minimum atomic E-state index is -0.229. The number of carbonyl (C=O) groups excluding carboxylic acids is 2. The Morgan fingerprint density at radius 3 is 1.58 bits per heavy atom. The molecule has 0 atom stereocenters. The molecule has 0 saturated carbocycles. The quantitative estimate of drug-likeness (QED) is 0.484. The summed E-state index contributed by atoms with van der Waals surface area (Å²) in [5.41, 5.74) is 0. The Hall–Kier alpha value is -1.26. The maximum absolute atomic E-state index is 11.2. The number of hydrazine groups is 1. The van der Waals surface area contributed by atoms with E-state index in [0.29, 0.717) is 0 Å². The van der Waals surface area contributed by atoms with Crippen LogP contribution in [0.25, 0.3) is 0 Å². The fourth-order valence-corrected chi connectivity index (χ4v) is 0.629. The van der Waals surface area contributed by atoms with Crippen molar-refractivity contribution in [2.24, 2.45) is 0 Å². The molecule has 0 spiro atoms. The highest BCUT2D eigenvalue weighted by Gasteiger charge is 2.16. The zero-order valence-corrected chi connectivity index (χ0v) is 8.16. The standard InChI is InChI=1S/C7H15N3O2/c1-6(11)9(4)10(5)7(12)8(2)3/h1-5H3.